The zero-order chi connectivity index (χ0) is 18.3. The first-order valence-electron chi connectivity index (χ1n) is 8.07. The van der Waals surface area contributed by atoms with Crippen molar-refractivity contribution in [1.29, 1.82) is 5.41 Å². The molecule has 0 unspecified atom stereocenters. The molecule has 2 heterocycles. The Hall–Kier alpha value is -3.48. The van der Waals surface area contributed by atoms with E-state index in [-0.39, 0.29) is 18.1 Å². The Morgan fingerprint density at radius 2 is 1.77 bits per heavy atom. The highest BCUT2D eigenvalue weighted by Gasteiger charge is 2.31. The first-order valence-corrected chi connectivity index (χ1v) is 8.07. The highest BCUT2D eigenvalue weighted by Crippen LogP contribution is 2.32. The molecule has 1 aliphatic rings. The van der Waals surface area contributed by atoms with Crippen molar-refractivity contribution >= 4 is 28.1 Å². The van der Waals surface area contributed by atoms with Gasteiger partial charge in [-0.3, -0.25) is 5.41 Å². The lowest BCUT2D eigenvalue weighted by molar-refractivity contribution is 0.411. The first kappa shape index (κ1) is 16.0. The van der Waals surface area contributed by atoms with E-state index in [0.29, 0.717) is 17.1 Å². The fourth-order valence-corrected chi connectivity index (χ4v) is 3.04. The van der Waals surface area contributed by atoms with Gasteiger partial charge < -0.3 is 24.5 Å². The highest BCUT2D eigenvalue weighted by atomic mass is 16.5. The van der Waals surface area contributed by atoms with Crippen LogP contribution in [0.1, 0.15) is 5.82 Å². The fourth-order valence-electron chi connectivity index (χ4n) is 3.04. The number of hydrogen-bond donors (Lipinski definition) is 3. The minimum absolute atomic E-state index is 0.108. The van der Waals surface area contributed by atoms with Gasteiger partial charge in [0.15, 0.2) is 0 Å². The summed E-state index contributed by atoms with van der Waals surface area (Å²) in [5, 5.41) is 19.0. The van der Waals surface area contributed by atoms with E-state index in [1.54, 1.807) is 19.1 Å². The van der Waals surface area contributed by atoms with Gasteiger partial charge >= 0.3 is 0 Å². The van der Waals surface area contributed by atoms with Crippen molar-refractivity contribution in [3.63, 3.8) is 0 Å². The summed E-state index contributed by atoms with van der Waals surface area (Å²) in [5.41, 5.74) is 2.73. The van der Waals surface area contributed by atoms with Crippen LogP contribution in [-0.4, -0.2) is 41.7 Å². The molecule has 0 spiro atoms. The minimum Gasteiger partial charge on any atom is -0.509 e. The van der Waals surface area contributed by atoms with Gasteiger partial charge in [-0.1, -0.05) is 0 Å². The summed E-state index contributed by atoms with van der Waals surface area (Å²) in [6, 6.07) is 12.9. The summed E-state index contributed by atoms with van der Waals surface area (Å²) in [7, 11) is 3.21. The van der Waals surface area contributed by atoms with E-state index in [4.69, 9.17) is 14.9 Å². The van der Waals surface area contributed by atoms with Gasteiger partial charge in [0, 0.05) is 11.8 Å². The number of imidazole rings is 1. The summed E-state index contributed by atoms with van der Waals surface area (Å²) in [6.45, 7) is 0.223. The fraction of sp³-hybridized carbons (Fsp3) is 0.158. The molecule has 2 aromatic carbocycles. The van der Waals surface area contributed by atoms with Crippen LogP contribution in [0.3, 0.4) is 0 Å². The van der Waals surface area contributed by atoms with Gasteiger partial charge in [0.1, 0.15) is 28.9 Å². The van der Waals surface area contributed by atoms with Crippen LogP contribution in [0.4, 0.5) is 5.69 Å². The quantitative estimate of drug-likeness (QED) is 0.671. The zero-order valence-corrected chi connectivity index (χ0v) is 14.4. The van der Waals surface area contributed by atoms with Gasteiger partial charge in [0.25, 0.3) is 0 Å². The maximum Gasteiger partial charge on any atom is 0.145 e. The molecule has 0 saturated heterocycles. The Morgan fingerprint density at radius 1 is 1.08 bits per heavy atom. The summed E-state index contributed by atoms with van der Waals surface area (Å²) in [4.78, 5) is 9.40. The van der Waals surface area contributed by atoms with Crippen LogP contribution in [0, 0.1) is 5.41 Å². The number of H-pyrrole nitrogens is 1. The number of aromatic amines is 1. The summed E-state index contributed by atoms with van der Waals surface area (Å²) in [6.07, 6.45) is 0. The van der Waals surface area contributed by atoms with Crippen molar-refractivity contribution in [2.75, 3.05) is 25.7 Å². The van der Waals surface area contributed by atoms with Crippen molar-refractivity contribution in [3.05, 3.63) is 54.0 Å². The molecule has 0 aliphatic carbocycles. The molecule has 132 valence electrons. The maximum absolute atomic E-state index is 10.5. The van der Waals surface area contributed by atoms with E-state index < -0.39 is 0 Å². The van der Waals surface area contributed by atoms with E-state index in [0.717, 1.165) is 22.5 Å². The molecule has 7 nitrogen and oxygen atoms in total. The van der Waals surface area contributed by atoms with Gasteiger partial charge in [0.05, 0.1) is 37.4 Å². The average Bonchev–Trinajstić information content (AvgIpc) is 3.20. The molecule has 0 amide bonds. The molecule has 0 radical (unpaired) electrons. The van der Waals surface area contributed by atoms with Crippen LogP contribution >= 0.6 is 0 Å². The predicted molar refractivity (Wildman–Crippen MR) is 100 cm³/mol. The lowest BCUT2D eigenvalue weighted by atomic mass is 10.2. The third-order valence-electron chi connectivity index (χ3n) is 4.41. The smallest absolute Gasteiger partial charge is 0.145 e. The Kier molecular flexibility index (Phi) is 3.76. The van der Waals surface area contributed by atoms with Crippen molar-refractivity contribution in [2.24, 2.45) is 0 Å². The van der Waals surface area contributed by atoms with Crippen LogP contribution in [0.5, 0.6) is 11.5 Å². The van der Waals surface area contributed by atoms with Gasteiger partial charge in [0.2, 0.25) is 0 Å². The molecule has 0 saturated carbocycles. The normalized spacial score (nSPS) is 14.4. The number of aromatic nitrogens is 2. The number of aliphatic hydroxyl groups is 1. The average molecular weight is 350 g/mol. The van der Waals surface area contributed by atoms with Crippen LogP contribution in [0.25, 0.3) is 16.6 Å². The maximum atomic E-state index is 10.5. The number of amidine groups is 1. The zero-order valence-electron chi connectivity index (χ0n) is 14.4. The number of rotatable bonds is 4. The standard InChI is InChI=1S/C19H18N4O3/c1-25-12-5-3-11(4-6-12)23-10-16(24)17(18(23)20)19-21-14-8-7-13(26-2)9-15(14)22-19/h3-9,20,24H,10H2,1-2H3,(H,21,22). The topological polar surface area (TPSA) is 94.5 Å². The van der Waals surface area contributed by atoms with Crippen LogP contribution < -0.4 is 14.4 Å². The Balaban J connectivity index is 1.68. The SMILES string of the molecule is COc1ccc(N2CC(O)=C(c3nc4ccc(OC)cc4[nH]3)C2=N)cc1. The van der Waals surface area contributed by atoms with Crippen molar-refractivity contribution in [3.8, 4) is 11.5 Å². The first-order chi connectivity index (χ1) is 12.6. The lowest BCUT2D eigenvalue weighted by Crippen LogP contribution is -2.26. The number of methoxy groups -OCH3 is 2. The van der Waals surface area contributed by atoms with E-state index in [2.05, 4.69) is 9.97 Å². The molecule has 0 fully saturated rings. The van der Waals surface area contributed by atoms with Crippen LogP contribution in [0.15, 0.2) is 48.2 Å². The molecule has 3 aromatic rings. The van der Waals surface area contributed by atoms with Crippen molar-refractivity contribution < 1.29 is 14.6 Å². The molecule has 0 bridgehead atoms. The second-order valence-electron chi connectivity index (χ2n) is 5.92. The van der Waals surface area contributed by atoms with E-state index in [1.165, 1.54) is 0 Å². The molecule has 1 aliphatic heterocycles. The number of aliphatic hydroxyl groups excluding tert-OH is 1. The second kappa shape index (κ2) is 6.11. The summed E-state index contributed by atoms with van der Waals surface area (Å²) < 4.78 is 10.4. The number of nitrogens with one attached hydrogen (secondary N) is 2. The van der Waals surface area contributed by atoms with Gasteiger partial charge in [-0.2, -0.15) is 0 Å². The van der Waals surface area contributed by atoms with Gasteiger partial charge in [-0.05, 0) is 36.4 Å². The van der Waals surface area contributed by atoms with E-state index in [9.17, 15) is 5.11 Å². The molecule has 7 heteroatoms. The minimum atomic E-state index is 0.108. The number of ether oxygens (including phenoxy) is 2. The summed E-state index contributed by atoms with van der Waals surface area (Å²) >= 11 is 0. The second-order valence-corrected chi connectivity index (χ2v) is 5.92. The lowest BCUT2D eigenvalue weighted by Gasteiger charge is -2.18. The number of nitrogens with zero attached hydrogens (tertiary/aromatic N) is 2. The Labute approximate surface area is 150 Å². The number of hydrogen-bond acceptors (Lipinski definition) is 5. The van der Waals surface area contributed by atoms with Crippen molar-refractivity contribution in [2.45, 2.75) is 0 Å². The monoisotopic (exact) mass is 350 g/mol. The molecule has 4 rings (SSSR count). The number of anilines is 1. The third-order valence-corrected chi connectivity index (χ3v) is 4.41. The summed E-state index contributed by atoms with van der Waals surface area (Å²) in [5.74, 6) is 2.22. The number of fused-ring (bicyclic) bond motifs is 1. The third kappa shape index (κ3) is 2.54. The predicted octanol–water partition coefficient (Wildman–Crippen LogP) is 3.35. The molecular formula is C19H18N4O3. The molecule has 3 N–H and O–H groups in total. The Bertz CT molecular complexity index is 1020. The number of benzene rings is 2. The largest absolute Gasteiger partial charge is 0.509 e. The molecule has 0 atom stereocenters. The molecule has 1 aromatic heterocycles. The Morgan fingerprint density at radius 3 is 2.46 bits per heavy atom. The van der Waals surface area contributed by atoms with E-state index >= 15 is 0 Å². The van der Waals surface area contributed by atoms with E-state index in [1.807, 2.05) is 42.5 Å². The highest BCUT2D eigenvalue weighted by molar-refractivity contribution is 6.30. The molecule has 26 heavy (non-hydrogen) atoms. The van der Waals surface area contributed by atoms with Crippen molar-refractivity contribution in [1.82, 2.24) is 9.97 Å². The van der Waals surface area contributed by atoms with Crippen LogP contribution in [-0.2, 0) is 0 Å². The van der Waals surface area contributed by atoms with Gasteiger partial charge in [-0.15, -0.1) is 0 Å². The van der Waals surface area contributed by atoms with Gasteiger partial charge in [-0.25, -0.2) is 4.98 Å². The molecular weight excluding hydrogens is 332 g/mol. The van der Waals surface area contributed by atoms with Crippen LogP contribution in [0.2, 0.25) is 0 Å².